The number of ether oxygens (including phenoxy) is 2. The van der Waals surface area contributed by atoms with Crippen LogP contribution in [0.5, 0.6) is 0 Å². The predicted octanol–water partition coefficient (Wildman–Crippen LogP) is 7.93. The van der Waals surface area contributed by atoms with Crippen LogP contribution in [0.1, 0.15) is 70.7 Å². The van der Waals surface area contributed by atoms with Crippen molar-refractivity contribution in [3.05, 3.63) is 64.8 Å². The summed E-state index contributed by atoms with van der Waals surface area (Å²) in [5.74, 6) is 0.463. The fourth-order valence-corrected chi connectivity index (χ4v) is 7.04. The highest BCUT2D eigenvalue weighted by Gasteiger charge is 2.47. The van der Waals surface area contributed by atoms with Crippen LogP contribution in [0.3, 0.4) is 0 Å². The first kappa shape index (κ1) is 36.5. The fraction of sp³-hybridized carbons (Fsp3) is 0.526. The molecule has 3 aromatic rings. The zero-order chi connectivity index (χ0) is 35.8. The molecule has 1 amide bonds. The molecule has 1 atom stereocenters. The van der Waals surface area contributed by atoms with Crippen LogP contribution in [-0.4, -0.2) is 74.3 Å². The smallest absolute Gasteiger partial charge is 0.414 e. The number of aromatic nitrogens is 2. The molecule has 5 rings (SSSR count). The van der Waals surface area contributed by atoms with E-state index in [1.54, 1.807) is 17.2 Å². The Kier molecular flexibility index (Phi) is 10.3. The molecular formula is C38H52N6O4Si. The Morgan fingerprint density at radius 2 is 1.82 bits per heavy atom. The molecule has 1 N–H and O–H groups in total. The minimum absolute atomic E-state index is 0.0129. The molecule has 10 nitrogen and oxygen atoms in total. The van der Waals surface area contributed by atoms with Crippen LogP contribution in [-0.2, 0) is 25.9 Å². The number of rotatable bonds is 8. The highest BCUT2D eigenvalue weighted by molar-refractivity contribution is 6.74. The number of nitrogens with zero attached hydrogens (tertiary/aromatic N) is 5. The summed E-state index contributed by atoms with van der Waals surface area (Å²) in [6.07, 6.45) is 1.25. The Morgan fingerprint density at radius 3 is 2.47 bits per heavy atom. The molecule has 1 aromatic heterocycles. The molecule has 1 saturated heterocycles. The van der Waals surface area contributed by atoms with Crippen LogP contribution in [0.25, 0.3) is 11.3 Å². The molecule has 262 valence electrons. The van der Waals surface area contributed by atoms with E-state index in [9.17, 15) is 10.1 Å². The molecule has 0 aliphatic carbocycles. The van der Waals surface area contributed by atoms with E-state index in [2.05, 4.69) is 93.2 Å². The number of carbonyl (C=O) groups excluding carboxylic acids is 1. The summed E-state index contributed by atoms with van der Waals surface area (Å²) in [6.45, 7) is 25.6. The Bertz CT molecular complexity index is 1740. The molecule has 1 fully saturated rings. The van der Waals surface area contributed by atoms with Crippen molar-refractivity contribution in [2.75, 3.05) is 49.7 Å². The lowest BCUT2D eigenvalue weighted by atomic mass is 9.83. The van der Waals surface area contributed by atoms with Crippen LogP contribution in [0.15, 0.2) is 42.6 Å². The molecule has 3 heterocycles. The van der Waals surface area contributed by atoms with Crippen LogP contribution in [0, 0.1) is 18.3 Å². The van der Waals surface area contributed by atoms with Gasteiger partial charge in [-0.3, -0.25) is 9.80 Å². The van der Waals surface area contributed by atoms with Crippen LogP contribution >= 0.6 is 0 Å². The largest absolute Gasteiger partial charge is 0.443 e. The molecule has 2 aliphatic heterocycles. The number of anilines is 3. The number of amides is 1. The van der Waals surface area contributed by atoms with Gasteiger partial charge in [-0.1, -0.05) is 39.8 Å². The van der Waals surface area contributed by atoms with Crippen molar-refractivity contribution in [1.82, 2.24) is 14.9 Å². The number of hydrogen-bond acceptors (Lipinski definition) is 9. The first-order valence-corrected chi connectivity index (χ1v) is 20.0. The van der Waals surface area contributed by atoms with Gasteiger partial charge in [0.2, 0.25) is 5.95 Å². The van der Waals surface area contributed by atoms with Gasteiger partial charge in [0.1, 0.15) is 11.7 Å². The van der Waals surface area contributed by atoms with Gasteiger partial charge < -0.3 is 19.2 Å². The van der Waals surface area contributed by atoms with Gasteiger partial charge in [0.25, 0.3) is 0 Å². The third-order valence-corrected chi connectivity index (χ3v) is 14.3. The minimum atomic E-state index is -2.13. The second-order valence-electron chi connectivity index (χ2n) is 16.1. The number of morpholine rings is 1. The topological polar surface area (TPSA) is 113 Å². The van der Waals surface area contributed by atoms with E-state index in [4.69, 9.17) is 18.9 Å². The van der Waals surface area contributed by atoms with E-state index in [1.807, 2.05) is 26.8 Å². The summed E-state index contributed by atoms with van der Waals surface area (Å²) in [5, 5.41) is 14.0. The highest BCUT2D eigenvalue weighted by Crippen LogP contribution is 2.47. The van der Waals surface area contributed by atoms with Crippen LogP contribution in [0.2, 0.25) is 18.1 Å². The van der Waals surface area contributed by atoms with E-state index in [0.717, 1.165) is 60.8 Å². The SMILES string of the molecule is Cc1ccc(CN2CCOCC2)c(Nc2nccc(-c3cc(C#N)c4c(c3)[C@@](C)(CO[Si](C)(C)C(C)(C)C)CN4C(=O)OC(C)(C)C)n2)c1. The standard InChI is InChI=1S/C38H52N6O4Si/c1-26-11-12-27(23-43-15-17-46-18-16-43)32(19-26)42-34-40-14-13-31(41-34)28-20-29(22-39)33-30(21-28)38(8,25-47-49(9,10)37(5,6)7)24-44(33)35(45)48-36(2,3)4/h11-14,19-21H,15-18,23-25H2,1-10H3,(H,40,41,42)/t38-/m1/s1. The van der Waals surface area contributed by atoms with Crippen molar-refractivity contribution in [3.8, 4) is 17.3 Å². The number of benzene rings is 2. The zero-order valence-corrected chi connectivity index (χ0v) is 31.9. The molecule has 2 aliphatic rings. The number of nitrogens with one attached hydrogen (secondary N) is 1. The quantitative estimate of drug-likeness (QED) is 0.236. The van der Waals surface area contributed by atoms with Gasteiger partial charge in [-0.25, -0.2) is 14.8 Å². The molecular weight excluding hydrogens is 633 g/mol. The molecule has 0 spiro atoms. The lowest BCUT2D eigenvalue weighted by Gasteiger charge is -2.39. The van der Waals surface area contributed by atoms with Gasteiger partial charge >= 0.3 is 6.09 Å². The number of fused-ring (bicyclic) bond motifs is 1. The zero-order valence-electron chi connectivity index (χ0n) is 30.9. The second-order valence-corrected chi connectivity index (χ2v) is 21.0. The maximum absolute atomic E-state index is 13.6. The van der Waals surface area contributed by atoms with E-state index >= 15 is 0 Å². The summed E-state index contributed by atoms with van der Waals surface area (Å²) in [7, 11) is -2.13. The van der Waals surface area contributed by atoms with Crippen molar-refractivity contribution in [3.63, 3.8) is 0 Å². The Labute approximate surface area is 292 Å². The van der Waals surface area contributed by atoms with Crippen molar-refractivity contribution in [2.24, 2.45) is 0 Å². The normalized spacial score (nSPS) is 18.6. The fourth-order valence-electron chi connectivity index (χ4n) is 5.93. The Morgan fingerprint density at radius 1 is 1.10 bits per heavy atom. The number of aryl methyl sites for hydroxylation is 1. The second kappa shape index (κ2) is 13.8. The molecule has 11 heteroatoms. The number of hydrogen-bond donors (Lipinski definition) is 1. The van der Waals surface area contributed by atoms with Crippen LogP contribution in [0.4, 0.5) is 22.1 Å². The summed E-state index contributed by atoms with van der Waals surface area (Å²) in [4.78, 5) is 27.1. The predicted molar refractivity (Wildman–Crippen MR) is 197 cm³/mol. The maximum atomic E-state index is 13.6. The van der Waals surface area contributed by atoms with Crippen molar-refractivity contribution >= 4 is 31.7 Å². The van der Waals surface area contributed by atoms with E-state index in [0.29, 0.717) is 36.0 Å². The van der Waals surface area contributed by atoms with Gasteiger partial charge in [-0.15, -0.1) is 0 Å². The Balaban J connectivity index is 1.52. The lowest BCUT2D eigenvalue weighted by Crippen LogP contribution is -2.46. The van der Waals surface area contributed by atoms with Crippen LogP contribution < -0.4 is 10.2 Å². The molecule has 0 unspecified atom stereocenters. The van der Waals surface area contributed by atoms with Crippen molar-refractivity contribution in [1.29, 1.82) is 5.26 Å². The monoisotopic (exact) mass is 684 g/mol. The van der Waals surface area contributed by atoms with Gasteiger partial charge in [0.15, 0.2) is 8.32 Å². The summed E-state index contributed by atoms with van der Waals surface area (Å²) in [6, 6.07) is 14.5. The average Bonchev–Trinajstić information content (AvgIpc) is 3.33. The van der Waals surface area contributed by atoms with Crippen molar-refractivity contribution < 1.29 is 18.7 Å². The average molecular weight is 685 g/mol. The van der Waals surface area contributed by atoms with E-state index < -0.39 is 25.4 Å². The maximum Gasteiger partial charge on any atom is 0.414 e. The summed E-state index contributed by atoms with van der Waals surface area (Å²) in [5.41, 5.74) is 5.23. The first-order chi connectivity index (χ1) is 22.9. The first-order valence-electron chi connectivity index (χ1n) is 17.1. The van der Waals surface area contributed by atoms with Gasteiger partial charge in [0.05, 0.1) is 30.2 Å². The van der Waals surface area contributed by atoms with Crippen molar-refractivity contribution in [2.45, 2.75) is 91.1 Å². The minimum Gasteiger partial charge on any atom is -0.443 e. The Hall–Kier alpha value is -3.82. The molecule has 2 aromatic carbocycles. The molecule has 0 saturated carbocycles. The van der Waals surface area contributed by atoms with Gasteiger partial charge in [-0.2, -0.15) is 5.26 Å². The third-order valence-electron chi connectivity index (χ3n) is 9.79. The third kappa shape index (κ3) is 8.32. The summed E-state index contributed by atoms with van der Waals surface area (Å²) < 4.78 is 18.2. The molecule has 0 bridgehead atoms. The molecule has 0 radical (unpaired) electrons. The van der Waals surface area contributed by atoms with Gasteiger partial charge in [-0.05, 0) is 86.8 Å². The lowest BCUT2D eigenvalue weighted by molar-refractivity contribution is 0.0342. The number of nitriles is 1. The highest BCUT2D eigenvalue weighted by atomic mass is 28.4. The number of carbonyl (C=O) groups is 1. The molecule has 49 heavy (non-hydrogen) atoms. The van der Waals surface area contributed by atoms with E-state index in [1.165, 1.54) is 0 Å². The van der Waals surface area contributed by atoms with Gasteiger partial charge in [0, 0.05) is 55.6 Å². The summed E-state index contributed by atoms with van der Waals surface area (Å²) >= 11 is 0. The van der Waals surface area contributed by atoms with E-state index in [-0.39, 0.29) is 5.04 Å².